The maximum absolute atomic E-state index is 4.59. The zero-order valence-electron chi connectivity index (χ0n) is 13.1. The molecule has 0 aliphatic carbocycles. The van der Waals surface area contributed by atoms with Crippen molar-refractivity contribution in [1.82, 2.24) is 24.8 Å². The van der Waals surface area contributed by atoms with E-state index in [0.717, 1.165) is 12.2 Å². The lowest BCUT2D eigenvalue weighted by Gasteiger charge is -2.35. The maximum atomic E-state index is 4.59. The van der Waals surface area contributed by atoms with Gasteiger partial charge in [0.2, 0.25) is 5.95 Å². The van der Waals surface area contributed by atoms with Crippen LogP contribution >= 0.6 is 0 Å². The average molecular weight is 298 g/mol. The van der Waals surface area contributed by atoms with E-state index in [0.29, 0.717) is 23.7 Å². The summed E-state index contributed by atoms with van der Waals surface area (Å²) in [5.41, 5.74) is 1.07. The number of likely N-dealkylation sites (tertiary alicyclic amines) is 1. The summed E-state index contributed by atoms with van der Waals surface area (Å²) in [6.45, 7) is 6.76. The Kier molecular flexibility index (Phi) is 4.58. The van der Waals surface area contributed by atoms with Gasteiger partial charge in [-0.25, -0.2) is 15.0 Å². The van der Waals surface area contributed by atoms with E-state index >= 15 is 0 Å². The second kappa shape index (κ2) is 6.79. The zero-order chi connectivity index (χ0) is 15.4. The van der Waals surface area contributed by atoms with Crippen LogP contribution in [0.4, 0.5) is 11.8 Å². The SMILES string of the molecule is CC(C)N1CCCC(c2cnc(Nc3ncccn3)cn2)C1. The van der Waals surface area contributed by atoms with E-state index in [1.807, 2.05) is 6.20 Å². The predicted octanol–water partition coefficient (Wildman–Crippen LogP) is 2.60. The lowest BCUT2D eigenvalue weighted by atomic mass is 9.94. The van der Waals surface area contributed by atoms with Crippen molar-refractivity contribution in [1.29, 1.82) is 0 Å². The fourth-order valence-electron chi connectivity index (χ4n) is 2.81. The van der Waals surface area contributed by atoms with E-state index in [2.05, 4.69) is 44.0 Å². The summed E-state index contributed by atoms with van der Waals surface area (Å²) >= 11 is 0. The molecule has 6 heteroatoms. The number of anilines is 2. The Morgan fingerprint density at radius 2 is 1.95 bits per heavy atom. The first-order chi connectivity index (χ1) is 10.7. The topological polar surface area (TPSA) is 66.8 Å². The van der Waals surface area contributed by atoms with Crippen molar-refractivity contribution in [3.63, 3.8) is 0 Å². The molecule has 0 aromatic carbocycles. The molecule has 2 aromatic rings. The molecule has 1 aliphatic rings. The summed E-state index contributed by atoms with van der Waals surface area (Å²) in [7, 11) is 0. The fourth-order valence-corrected chi connectivity index (χ4v) is 2.81. The molecular formula is C16H22N6. The third kappa shape index (κ3) is 3.57. The Morgan fingerprint density at radius 3 is 2.64 bits per heavy atom. The first kappa shape index (κ1) is 14.8. The molecule has 1 atom stereocenters. The molecule has 116 valence electrons. The van der Waals surface area contributed by atoms with E-state index in [1.54, 1.807) is 24.7 Å². The Bertz CT molecular complexity index is 583. The van der Waals surface area contributed by atoms with Gasteiger partial charge in [-0.1, -0.05) is 0 Å². The van der Waals surface area contributed by atoms with Gasteiger partial charge in [-0.15, -0.1) is 0 Å². The highest BCUT2D eigenvalue weighted by atomic mass is 15.2. The molecule has 1 saturated heterocycles. The van der Waals surface area contributed by atoms with Crippen LogP contribution in [0.3, 0.4) is 0 Å². The van der Waals surface area contributed by atoms with Crippen LogP contribution in [-0.4, -0.2) is 44.0 Å². The van der Waals surface area contributed by atoms with Crippen molar-refractivity contribution in [3.05, 3.63) is 36.5 Å². The molecule has 0 amide bonds. The minimum Gasteiger partial charge on any atom is -0.307 e. The first-order valence-corrected chi connectivity index (χ1v) is 7.82. The molecule has 1 unspecified atom stereocenters. The highest BCUT2D eigenvalue weighted by Gasteiger charge is 2.23. The van der Waals surface area contributed by atoms with Crippen LogP contribution in [0, 0.1) is 0 Å². The van der Waals surface area contributed by atoms with Crippen LogP contribution in [0.1, 0.15) is 38.3 Å². The van der Waals surface area contributed by atoms with Gasteiger partial charge in [-0.3, -0.25) is 4.98 Å². The van der Waals surface area contributed by atoms with Gasteiger partial charge < -0.3 is 10.2 Å². The molecule has 0 bridgehead atoms. The van der Waals surface area contributed by atoms with Crippen LogP contribution in [0.15, 0.2) is 30.9 Å². The number of piperidine rings is 1. The van der Waals surface area contributed by atoms with Crippen molar-refractivity contribution < 1.29 is 0 Å². The molecule has 2 aromatic heterocycles. The van der Waals surface area contributed by atoms with E-state index in [4.69, 9.17) is 0 Å². The van der Waals surface area contributed by atoms with Gasteiger partial charge in [0.25, 0.3) is 0 Å². The minimum absolute atomic E-state index is 0.477. The molecule has 0 saturated carbocycles. The lowest BCUT2D eigenvalue weighted by molar-refractivity contribution is 0.166. The summed E-state index contributed by atoms with van der Waals surface area (Å²) in [6.07, 6.45) is 9.44. The summed E-state index contributed by atoms with van der Waals surface area (Å²) in [6, 6.07) is 2.37. The third-order valence-electron chi connectivity index (χ3n) is 4.08. The van der Waals surface area contributed by atoms with Gasteiger partial charge in [0, 0.05) is 30.9 Å². The Hall–Kier alpha value is -2.08. The molecular weight excluding hydrogens is 276 g/mol. The Morgan fingerprint density at radius 1 is 1.14 bits per heavy atom. The highest BCUT2D eigenvalue weighted by molar-refractivity contribution is 5.45. The normalized spacial score (nSPS) is 19.3. The van der Waals surface area contributed by atoms with Gasteiger partial charge in [0.15, 0.2) is 5.82 Å². The quantitative estimate of drug-likeness (QED) is 0.936. The molecule has 22 heavy (non-hydrogen) atoms. The third-order valence-corrected chi connectivity index (χ3v) is 4.08. The fraction of sp³-hybridized carbons (Fsp3) is 0.500. The van der Waals surface area contributed by atoms with Gasteiger partial charge in [0.05, 0.1) is 18.1 Å². The van der Waals surface area contributed by atoms with Gasteiger partial charge in [0.1, 0.15) is 0 Å². The molecule has 3 rings (SSSR count). The van der Waals surface area contributed by atoms with Crippen molar-refractivity contribution >= 4 is 11.8 Å². The van der Waals surface area contributed by atoms with Gasteiger partial charge >= 0.3 is 0 Å². The lowest BCUT2D eigenvalue weighted by Crippen LogP contribution is -2.39. The molecule has 3 heterocycles. The number of hydrogen-bond donors (Lipinski definition) is 1. The number of nitrogens with zero attached hydrogens (tertiary/aromatic N) is 5. The van der Waals surface area contributed by atoms with Crippen LogP contribution in [0.25, 0.3) is 0 Å². The average Bonchev–Trinajstić information content (AvgIpc) is 2.56. The Balaban J connectivity index is 1.66. The summed E-state index contributed by atoms with van der Waals surface area (Å²) in [5.74, 6) is 1.69. The number of aromatic nitrogens is 4. The second-order valence-electron chi connectivity index (χ2n) is 5.95. The van der Waals surface area contributed by atoms with Crippen LogP contribution in [-0.2, 0) is 0 Å². The summed E-state index contributed by atoms with van der Waals surface area (Å²) in [5, 5.41) is 3.05. The highest BCUT2D eigenvalue weighted by Crippen LogP contribution is 2.26. The maximum Gasteiger partial charge on any atom is 0.228 e. The van der Waals surface area contributed by atoms with Crippen LogP contribution in [0.2, 0.25) is 0 Å². The molecule has 0 radical (unpaired) electrons. The van der Waals surface area contributed by atoms with E-state index in [1.165, 1.54) is 19.4 Å². The van der Waals surface area contributed by atoms with E-state index in [9.17, 15) is 0 Å². The van der Waals surface area contributed by atoms with Crippen molar-refractivity contribution in [2.75, 3.05) is 18.4 Å². The van der Waals surface area contributed by atoms with Crippen LogP contribution in [0.5, 0.6) is 0 Å². The minimum atomic E-state index is 0.477. The van der Waals surface area contributed by atoms with Crippen LogP contribution < -0.4 is 5.32 Å². The standard InChI is InChI=1S/C16H22N6/c1-12(2)22-8-3-5-13(11-22)14-9-20-15(10-19-14)21-16-17-6-4-7-18-16/h4,6-7,9-10,12-13H,3,5,8,11H2,1-2H3,(H,17,18,20,21). The van der Waals surface area contributed by atoms with E-state index < -0.39 is 0 Å². The Labute approximate surface area is 131 Å². The monoisotopic (exact) mass is 298 g/mol. The number of nitrogens with one attached hydrogen (secondary N) is 1. The van der Waals surface area contributed by atoms with E-state index in [-0.39, 0.29) is 0 Å². The van der Waals surface area contributed by atoms with Crippen molar-refractivity contribution in [2.45, 2.75) is 38.6 Å². The number of rotatable bonds is 4. The largest absolute Gasteiger partial charge is 0.307 e. The molecule has 1 aliphatic heterocycles. The van der Waals surface area contributed by atoms with Crippen molar-refractivity contribution in [2.24, 2.45) is 0 Å². The van der Waals surface area contributed by atoms with Gasteiger partial charge in [-0.05, 0) is 39.3 Å². The summed E-state index contributed by atoms with van der Waals surface area (Å²) < 4.78 is 0. The van der Waals surface area contributed by atoms with Crippen molar-refractivity contribution in [3.8, 4) is 0 Å². The molecule has 1 N–H and O–H groups in total. The zero-order valence-corrected chi connectivity index (χ0v) is 13.1. The smallest absolute Gasteiger partial charge is 0.228 e. The summed E-state index contributed by atoms with van der Waals surface area (Å²) in [4.78, 5) is 19.8. The molecule has 1 fully saturated rings. The number of hydrogen-bond acceptors (Lipinski definition) is 6. The molecule has 0 spiro atoms. The second-order valence-corrected chi connectivity index (χ2v) is 5.95. The van der Waals surface area contributed by atoms with Gasteiger partial charge in [-0.2, -0.15) is 0 Å². The predicted molar refractivity (Wildman–Crippen MR) is 86.0 cm³/mol. The first-order valence-electron chi connectivity index (χ1n) is 7.82. The molecule has 6 nitrogen and oxygen atoms in total.